The normalized spacial score (nSPS) is 19.3. The van der Waals surface area contributed by atoms with E-state index in [2.05, 4.69) is 6.07 Å². The van der Waals surface area contributed by atoms with Crippen molar-refractivity contribution in [3.05, 3.63) is 29.8 Å². The molecule has 0 aliphatic carbocycles. The van der Waals surface area contributed by atoms with Gasteiger partial charge in [0.25, 0.3) is 0 Å². The fourth-order valence-electron chi connectivity index (χ4n) is 1.92. The van der Waals surface area contributed by atoms with Crippen molar-refractivity contribution in [3.63, 3.8) is 0 Å². The average Bonchev–Trinajstić information content (AvgIpc) is 2.56. The zero-order valence-electron chi connectivity index (χ0n) is 8.36. The van der Waals surface area contributed by atoms with Crippen LogP contribution in [0.15, 0.2) is 24.3 Å². The Morgan fingerprint density at radius 2 is 2.21 bits per heavy atom. The second-order valence-corrected chi connectivity index (χ2v) is 3.48. The van der Waals surface area contributed by atoms with E-state index in [1.807, 2.05) is 30.1 Å². The molecule has 1 atom stereocenters. The Hall–Kier alpha value is -1.51. The van der Waals surface area contributed by atoms with Crippen LogP contribution in [0.4, 0.5) is 5.69 Å². The number of hydrogen-bond acceptors (Lipinski definition) is 3. The molecule has 2 rings (SSSR count). The van der Waals surface area contributed by atoms with Crippen LogP contribution in [-0.2, 0) is 16.0 Å². The topological polar surface area (TPSA) is 29.5 Å². The minimum absolute atomic E-state index is 0.155. The Balaban J connectivity index is 2.30. The molecule has 0 amide bonds. The summed E-state index contributed by atoms with van der Waals surface area (Å²) in [7, 11) is 3.35. The third-order valence-corrected chi connectivity index (χ3v) is 2.73. The quantitative estimate of drug-likeness (QED) is 0.625. The van der Waals surface area contributed by atoms with Gasteiger partial charge in [-0.3, -0.25) is 0 Å². The highest BCUT2D eigenvalue weighted by Gasteiger charge is 2.32. The lowest BCUT2D eigenvalue weighted by Gasteiger charge is -2.19. The Kier molecular flexibility index (Phi) is 2.15. The number of rotatable bonds is 1. The molecule has 0 spiro atoms. The van der Waals surface area contributed by atoms with E-state index < -0.39 is 0 Å². The predicted octanol–water partition coefficient (Wildman–Crippen LogP) is 1.22. The van der Waals surface area contributed by atoms with Gasteiger partial charge >= 0.3 is 5.97 Å². The summed E-state index contributed by atoms with van der Waals surface area (Å²) in [4.78, 5) is 13.4. The summed E-state index contributed by atoms with van der Waals surface area (Å²) in [6.45, 7) is 0. The molecule has 1 heterocycles. The number of methoxy groups -OCH3 is 1. The molecule has 0 aromatic heterocycles. The van der Waals surface area contributed by atoms with Crippen LogP contribution in [0.1, 0.15) is 5.56 Å². The molecule has 0 N–H and O–H groups in total. The number of para-hydroxylation sites is 1. The first-order valence-corrected chi connectivity index (χ1v) is 4.62. The number of ether oxygens (including phenoxy) is 1. The monoisotopic (exact) mass is 191 g/mol. The average molecular weight is 191 g/mol. The molecule has 0 bridgehead atoms. The fourth-order valence-corrected chi connectivity index (χ4v) is 1.92. The van der Waals surface area contributed by atoms with Gasteiger partial charge in [0.1, 0.15) is 6.04 Å². The molecule has 1 aliphatic heterocycles. The second-order valence-electron chi connectivity index (χ2n) is 3.48. The standard InChI is InChI=1S/C11H13NO2/c1-12-9-6-4-3-5-8(9)7-10(12)11(13)14-2/h3-6,10H,7H2,1-2H3/t10-/m1/s1. The molecular formula is C11H13NO2. The summed E-state index contributed by atoms with van der Waals surface area (Å²) in [6, 6.07) is 7.89. The van der Waals surface area contributed by atoms with E-state index in [1.165, 1.54) is 12.7 Å². The van der Waals surface area contributed by atoms with Gasteiger partial charge in [-0.2, -0.15) is 0 Å². The smallest absolute Gasteiger partial charge is 0.328 e. The van der Waals surface area contributed by atoms with E-state index in [0.29, 0.717) is 0 Å². The number of carbonyl (C=O) groups is 1. The van der Waals surface area contributed by atoms with E-state index in [-0.39, 0.29) is 12.0 Å². The number of benzene rings is 1. The number of esters is 1. The van der Waals surface area contributed by atoms with Crippen LogP contribution in [0.3, 0.4) is 0 Å². The molecule has 0 saturated heterocycles. The molecule has 3 nitrogen and oxygen atoms in total. The number of likely N-dealkylation sites (N-methyl/N-ethyl adjacent to an activating group) is 1. The predicted molar refractivity (Wildman–Crippen MR) is 54.4 cm³/mol. The molecule has 1 aromatic carbocycles. The lowest BCUT2D eigenvalue weighted by Crippen LogP contribution is -2.36. The Labute approximate surface area is 83.3 Å². The molecule has 0 fully saturated rings. The van der Waals surface area contributed by atoms with Crippen molar-refractivity contribution in [2.24, 2.45) is 0 Å². The van der Waals surface area contributed by atoms with Crippen LogP contribution in [0.25, 0.3) is 0 Å². The van der Waals surface area contributed by atoms with Crippen molar-refractivity contribution in [3.8, 4) is 0 Å². The highest BCUT2D eigenvalue weighted by molar-refractivity contribution is 5.83. The van der Waals surface area contributed by atoms with Crippen molar-refractivity contribution in [2.45, 2.75) is 12.5 Å². The van der Waals surface area contributed by atoms with E-state index in [4.69, 9.17) is 4.74 Å². The van der Waals surface area contributed by atoms with Crippen LogP contribution in [0, 0.1) is 0 Å². The second kappa shape index (κ2) is 3.33. The summed E-state index contributed by atoms with van der Waals surface area (Å²) < 4.78 is 4.76. The van der Waals surface area contributed by atoms with Gasteiger partial charge in [0.15, 0.2) is 0 Å². The molecule has 1 aliphatic rings. The molecule has 1 aromatic rings. The Bertz CT molecular complexity index is 362. The van der Waals surface area contributed by atoms with Crippen LogP contribution in [-0.4, -0.2) is 26.2 Å². The van der Waals surface area contributed by atoms with E-state index >= 15 is 0 Å². The number of hydrogen-bond donors (Lipinski definition) is 0. The highest BCUT2D eigenvalue weighted by atomic mass is 16.5. The van der Waals surface area contributed by atoms with Gasteiger partial charge in [-0.25, -0.2) is 4.79 Å². The SMILES string of the molecule is COC(=O)[C@H]1Cc2ccccc2N1C. The van der Waals surface area contributed by atoms with Gasteiger partial charge in [0.05, 0.1) is 7.11 Å². The lowest BCUT2D eigenvalue weighted by atomic mass is 10.1. The van der Waals surface area contributed by atoms with E-state index in [1.54, 1.807) is 0 Å². The van der Waals surface area contributed by atoms with Gasteiger partial charge in [0, 0.05) is 19.2 Å². The number of fused-ring (bicyclic) bond motifs is 1. The van der Waals surface area contributed by atoms with E-state index in [0.717, 1.165) is 12.1 Å². The minimum atomic E-state index is -0.163. The largest absolute Gasteiger partial charge is 0.467 e. The third-order valence-electron chi connectivity index (χ3n) is 2.73. The molecule has 3 heteroatoms. The first-order valence-electron chi connectivity index (χ1n) is 4.62. The van der Waals surface area contributed by atoms with Crippen LogP contribution >= 0.6 is 0 Å². The zero-order valence-corrected chi connectivity index (χ0v) is 8.36. The van der Waals surface area contributed by atoms with E-state index in [9.17, 15) is 4.79 Å². The fraction of sp³-hybridized carbons (Fsp3) is 0.364. The maximum Gasteiger partial charge on any atom is 0.328 e. The molecule has 74 valence electrons. The zero-order chi connectivity index (χ0) is 10.1. The van der Waals surface area contributed by atoms with Gasteiger partial charge in [-0.05, 0) is 11.6 Å². The molecule has 0 unspecified atom stereocenters. The van der Waals surface area contributed by atoms with Crippen LogP contribution in [0.2, 0.25) is 0 Å². The minimum Gasteiger partial charge on any atom is -0.467 e. The number of carbonyl (C=O) groups excluding carboxylic acids is 1. The van der Waals surface area contributed by atoms with Gasteiger partial charge in [0.2, 0.25) is 0 Å². The number of anilines is 1. The van der Waals surface area contributed by atoms with Crippen molar-refractivity contribution >= 4 is 11.7 Å². The Morgan fingerprint density at radius 1 is 1.50 bits per heavy atom. The third kappa shape index (κ3) is 1.25. The summed E-state index contributed by atoms with van der Waals surface area (Å²) in [6.07, 6.45) is 0.749. The summed E-state index contributed by atoms with van der Waals surface area (Å²) >= 11 is 0. The summed E-state index contributed by atoms with van der Waals surface area (Å²) in [5.74, 6) is -0.163. The van der Waals surface area contributed by atoms with Crippen molar-refractivity contribution in [1.29, 1.82) is 0 Å². The summed E-state index contributed by atoms with van der Waals surface area (Å²) in [5, 5.41) is 0. The van der Waals surface area contributed by atoms with Crippen molar-refractivity contribution in [1.82, 2.24) is 0 Å². The maximum absolute atomic E-state index is 11.4. The first kappa shape index (κ1) is 9.06. The molecule has 0 saturated carbocycles. The van der Waals surface area contributed by atoms with Gasteiger partial charge < -0.3 is 9.64 Å². The van der Waals surface area contributed by atoms with Crippen molar-refractivity contribution < 1.29 is 9.53 Å². The van der Waals surface area contributed by atoms with Crippen LogP contribution in [0.5, 0.6) is 0 Å². The first-order chi connectivity index (χ1) is 6.74. The van der Waals surface area contributed by atoms with Crippen LogP contribution < -0.4 is 4.90 Å². The van der Waals surface area contributed by atoms with Gasteiger partial charge in [-0.15, -0.1) is 0 Å². The molecule has 14 heavy (non-hydrogen) atoms. The van der Waals surface area contributed by atoms with Gasteiger partial charge in [-0.1, -0.05) is 18.2 Å². The number of nitrogens with zero attached hydrogens (tertiary/aromatic N) is 1. The highest BCUT2D eigenvalue weighted by Crippen LogP contribution is 2.30. The molecular weight excluding hydrogens is 178 g/mol. The molecule has 0 radical (unpaired) electrons. The Morgan fingerprint density at radius 3 is 2.86 bits per heavy atom. The van der Waals surface area contributed by atoms with Crippen molar-refractivity contribution in [2.75, 3.05) is 19.1 Å². The summed E-state index contributed by atoms with van der Waals surface area (Å²) in [5.41, 5.74) is 2.34. The lowest BCUT2D eigenvalue weighted by molar-refractivity contribution is -0.141. The maximum atomic E-state index is 11.4.